The first-order chi connectivity index (χ1) is 45.5. The molecule has 552 valence electrons. The number of allylic oxidation sites excluding steroid dienone is 1. The minimum absolute atomic E-state index is 0.0493. The van der Waals surface area contributed by atoms with Gasteiger partial charge in [-0.2, -0.15) is 0 Å². The third-order valence-corrected chi connectivity index (χ3v) is 18.0. The topological polar surface area (TPSA) is 311 Å². The fourth-order valence-electron chi connectivity index (χ4n) is 12.1. The Labute approximate surface area is 583 Å². The Balaban J connectivity index is 3.10. The number of rotatable bonds is 19. The fraction of sp³-hybridized carbons (Fsp3) is 0.708. The zero-order valence-electron chi connectivity index (χ0n) is 63.3. The Morgan fingerprint density at radius 1 is 0.541 bits per heavy atom. The van der Waals surface area contributed by atoms with Crippen LogP contribution in [0.15, 0.2) is 30.3 Å². The molecule has 98 heavy (non-hydrogen) atoms. The van der Waals surface area contributed by atoms with Crippen molar-refractivity contribution in [1.29, 1.82) is 0 Å². The van der Waals surface area contributed by atoms with Gasteiger partial charge in [0.05, 0.1) is 19.2 Å². The number of likely N-dealkylation sites (N-methyl/N-ethyl adjacent to an activating group) is 7. The Kier molecular flexibility index (Phi) is 34.8. The molecule has 0 aliphatic carbocycles. The molecule has 0 radical (unpaired) electrons. The van der Waals surface area contributed by atoms with E-state index in [1.807, 2.05) is 55.4 Å². The van der Waals surface area contributed by atoms with E-state index >= 15 is 19.2 Å². The molecule has 0 saturated carbocycles. The smallest absolute Gasteiger partial charge is 0.337 e. The van der Waals surface area contributed by atoms with Crippen molar-refractivity contribution in [2.75, 3.05) is 63.0 Å². The first-order valence-electron chi connectivity index (χ1n) is 34.5. The maximum atomic E-state index is 15.7. The number of nitrogens with one attached hydrogen (secondary N) is 4. The Morgan fingerprint density at radius 3 is 1.54 bits per heavy atom. The van der Waals surface area contributed by atoms with Crippen LogP contribution < -0.4 is 21.3 Å². The van der Waals surface area contributed by atoms with Crippen LogP contribution in [0.5, 0.6) is 0 Å². The number of carbonyl (C=O) groups is 13. The maximum Gasteiger partial charge on any atom is 0.337 e. The van der Waals surface area contributed by atoms with Gasteiger partial charge in [0.2, 0.25) is 65.0 Å². The van der Waals surface area contributed by atoms with Crippen LogP contribution in [0.2, 0.25) is 0 Å². The van der Waals surface area contributed by atoms with Crippen LogP contribution in [-0.2, 0) is 67.0 Å². The van der Waals surface area contributed by atoms with E-state index < -0.39 is 168 Å². The second kappa shape index (κ2) is 39.6. The highest BCUT2D eigenvalue weighted by atomic mass is 16.5. The van der Waals surface area contributed by atoms with E-state index in [-0.39, 0.29) is 62.2 Å². The molecule has 1 aliphatic heterocycles. The maximum absolute atomic E-state index is 15.7. The lowest BCUT2D eigenvalue weighted by Crippen LogP contribution is -2.64. The monoisotopic (exact) mass is 1380 g/mol. The summed E-state index contributed by atoms with van der Waals surface area (Å²) < 4.78 is 10.9. The van der Waals surface area contributed by atoms with Crippen molar-refractivity contribution in [3.05, 3.63) is 41.5 Å². The highest BCUT2D eigenvalue weighted by Crippen LogP contribution is 2.27. The number of ether oxygens (including phenoxy) is 2. The van der Waals surface area contributed by atoms with E-state index in [0.29, 0.717) is 17.5 Å². The normalized spacial score (nSPS) is 24.7. The molecule has 2 rings (SSSR count). The lowest BCUT2D eigenvalue weighted by atomic mass is 9.90. The number of hydrogen-bond acceptors (Lipinski definition) is 15. The van der Waals surface area contributed by atoms with Crippen LogP contribution in [-0.4, -0.2) is 241 Å². The number of amides is 11. The zero-order valence-corrected chi connectivity index (χ0v) is 63.3. The molecule has 1 fully saturated rings. The number of carbonyl (C=O) groups excluding carboxylic acids is 13. The quantitative estimate of drug-likeness (QED) is 0.130. The summed E-state index contributed by atoms with van der Waals surface area (Å²) in [6, 6.07) is -6.27. The summed E-state index contributed by atoms with van der Waals surface area (Å²) in [5.74, 6) is -11.7. The summed E-state index contributed by atoms with van der Waals surface area (Å²) in [4.78, 5) is 197. The van der Waals surface area contributed by atoms with Gasteiger partial charge in [-0.15, -0.1) is 0 Å². The SMILES string of the molecule is CC[C@H]1NC(=O)[C@H]([C@H](OC(C)=O)[C@H](C)C/C=C/c2cccc(C(=O)OC)c2)N(C)C(=O)[C@@H](C(C)C)N(C)C(=O)[C@@H](CC(C)C)N(C)C(=O)[C@H](CC(C)C)N(C)C(=O)[C@H](C)NC(=O)[C@@H](C)NC(=O)[C@@H](CCC(C)C)N(C)C(=O)[C@@H](C(C)C)NC(=O)[C@H](CC(C)C)N(C)C(=O)CN(C)C1=O. The third-order valence-electron chi connectivity index (χ3n) is 18.0. The van der Waals surface area contributed by atoms with Gasteiger partial charge in [0.25, 0.3) is 0 Å². The molecule has 1 aliphatic rings. The molecule has 1 saturated heterocycles. The van der Waals surface area contributed by atoms with Gasteiger partial charge in [-0.3, -0.25) is 57.5 Å². The minimum atomic E-state index is -1.71. The average molecular weight is 1380 g/mol. The first kappa shape index (κ1) is 86.2. The van der Waals surface area contributed by atoms with Crippen LogP contribution in [0.4, 0.5) is 0 Å². The molecule has 11 amide bonds. The standard InChI is InChI=1S/C72H119N11O15/c1-26-52-67(91)77(18)39-57(85)78(19)54(35-41(4)5)64(88)76-58(44(10)11)70(94)79(20)53(34-33-40(2)3)63(87)73-47(15)62(86)74-48(16)66(90)80(21)55(36-42(6)7)68(92)81(22)56(37-43(8)9)69(93)82(23)59(45(12)13)71(95)83(24)60(65(89)75-52)61(98-49(17)84)46(14)29-27-30-50-31-28-32-51(38-50)72(96)97-25/h27-28,30-32,38,40-48,52-56,58-61H,26,29,33-37,39H2,1-25H3,(H,73,87)(H,74,86)(H,75,89)(H,76,88)/b30-27+/t46-,47-,48+,52-,53-,54+,55+,56-,58-,59-,60+,61-/m1/s1. The number of esters is 2. The number of benzene rings is 1. The van der Waals surface area contributed by atoms with E-state index in [0.717, 1.165) is 16.7 Å². The molecular formula is C72H119N11O15. The highest BCUT2D eigenvalue weighted by Gasteiger charge is 2.47. The number of hydrogen-bond donors (Lipinski definition) is 4. The molecule has 4 N–H and O–H groups in total. The van der Waals surface area contributed by atoms with Gasteiger partial charge in [-0.1, -0.05) is 121 Å². The van der Waals surface area contributed by atoms with Crippen LogP contribution in [0.3, 0.4) is 0 Å². The van der Waals surface area contributed by atoms with Gasteiger partial charge >= 0.3 is 11.9 Å². The van der Waals surface area contributed by atoms with Gasteiger partial charge in [-0.05, 0) is 118 Å². The highest BCUT2D eigenvalue weighted by molar-refractivity contribution is 6.00. The number of nitrogens with zero attached hydrogens (tertiary/aromatic N) is 7. The predicted octanol–water partition coefficient (Wildman–Crippen LogP) is 5.15. The van der Waals surface area contributed by atoms with Crippen LogP contribution in [0.1, 0.15) is 179 Å². The third kappa shape index (κ3) is 24.5. The van der Waals surface area contributed by atoms with Gasteiger partial charge in [0.15, 0.2) is 0 Å². The molecule has 1 aromatic carbocycles. The van der Waals surface area contributed by atoms with E-state index in [2.05, 4.69) is 21.3 Å². The lowest BCUT2D eigenvalue weighted by Gasteiger charge is -2.42. The molecule has 1 aromatic rings. The predicted molar refractivity (Wildman–Crippen MR) is 375 cm³/mol. The largest absolute Gasteiger partial charge is 0.465 e. The van der Waals surface area contributed by atoms with Gasteiger partial charge in [0.1, 0.15) is 66.5 Å². The van der Waals surface area contributed by atoms with E-state index in [4.69, 9.17) is 9.47 Å². The average Bonchev–Trinajstić information content (AvgIpc) is 0.797. The minimum Gasteiger partial charge on any atom is -0.465 e. The van der Waals surface area contributed by atoms with Crippen LogP contribution >= 0.6 is 0 Å². The summed E-state index contributed by atoms with van der Waals surface area (Å²) >= 11 is 0. The fourth-order valence-corrected chi connectivity index (χ4v) is 12.1. The van der Waals surface area contributed by atoms with Crippen LogP contribution in [0, 0.1) is 41.4 Å². The molecule has 0 spiro atoms. The second-order valence-corrected chi connectivity index (χ2v) is 29.0. The Bertz CT molecular complexity index is 2970. The van der Waals surface area contributed by atoms with E-state index in [9.17, 15) is 43.2 Å². The van der Waals surface area contributed by atoms with Crippen molar-refractivity contribution in [1.82, 2.24) is 55.6 Å². The van der Waals surface area contributed by atoms with Crippen molar-refractivity contribution in [3.8, 4) is 0 Å². The summed E-state index contributed by atoms with van der Waals surface area (Å²) in [6.07, 6.45) is 3.08. The summed E-state index contributed by atoms with van der Waals surface area (Å²) in [7, 11) is 11.1. The molecule has 0 unspecified atom stereocenters. The van der Waals surface area contributed by atoms with Crippen molar-refractivity contribution < 1.29 is 71.8 Å². The summed E-state index contributed by atoms with van der Waals surface area (Å²) in [5.41, 5.74) is 0.910. The van der Waals surface area contributed by atoms with Crippen molar-refractivity contribution >= 4 is 83.0 Å². The zero-order chi connectivity index (χ0) is 75.2. The van der Waals surface area contributed by atoms with E-state index in [1.54, 1.807) is 78.0 Å². The Hall–Kier alpha value is -7.93. The summed E-state index contributed by atoms with van der Waals surface area (Å²) in [5, 5.41) is 11.1. The molecule has 0 aromatic heterocycles. The molecule has 0 bridgehead atoms. The van der Waals surface area contributed by atoms with Crippen LogP contribution in [0.25, 0.3) is 6.08 Å². The van der Waals surface area contributed by atoms with Gasteiger partial charge < -0.3 is 65.0 Å². The molecule has 12 atom stereocenters. The Morgan fingerprint density at radius 2 is 1.04 bits per heavy atom. The molecule has 26 heteroatoms. The van der Waals surface area contributed by atoms with Gasteiger partial charge in [-0.25, -0.2) is 4.79 Å². The lowest BCUT2D eigenvalue weighted by molar-refractivity contribution is -0.164. The first-order valence-corrected chi connectivity index (χ1v) is 34.5. The van der Waals surface area contributed by atoms with Crippen molar-refractivity contribution in [2.45, 2.75) is 229 Å². The molecule has 26 nitrogen and oxygen atoms in total. The number of methoxy groups -OCH3 is 1. The van der Waals surface area contributed by atoms with Crippen molar-refractivity contribution in [2.24, 2.45) is 41.4 Å². The molecule has 1 heterocycles. The van der Waals surface area contributed by atoms with Gasteiger partial charge in [0, 0.05) is 56.3 Å². The van der Waals surface area contributed by atoms with E-state index in [1.165, 1.54) is 94.8 Å². The summed E-state index contributed by atoms with van der Waals surface area (Å²) in [6.45, 7) is 28.6. The second-order valence-electron chi connectivity index (χ2n) is 29.0. The van der Waals surface area contributed by atoms with Crippen molar-refractivity contribution in [3.63, 3.8) is 0 Å². The molecular weight excluding hydrogens is 1260 g/mol.